The first-order valence-corrected chi connectivity index (χ1v) is 8.47. The van der Waals surface area contributed by atoms with E-state index in [1.807, 2.05) is 18.0 Å². The molecule has 0 spiro atoms. The molecule has 3 rings (SSSR count). The second-order valence-corrected chi connectivity index (χ2v) is 6.70. The van der Waals surface area contributed by atoms with Crippen LogP contribution in [0.3, 0.4) is 0 Å². The minimum Gasteiger partial charge on any atom is -0.341 e. The minimum absolute atomic E-state index is 0. The second-order valence-electron chi connectivity index (χ2n) is 5.78. The highest BCUT2D eigenvalue weighted by molar-refractivity contribution is 9.10. The highest BCUT2D eigenvalue weighted by atomic mass is 79.9. The molecule has 1 amide bonds. The van der Waals surface area contributed by atoms with Gasteiger partial charge >= 0.3 is 0 Å². The van der Waals surface area contributed by atoms with E-state index in [0.29, 0.717) is 16.9 Å². The van der Waals surface area contributed by atoms with Crippen molar-refractivity contribution in [2.24, 2.45) is 0 Å². The van der Waals surface area contributed by atoms with Crippen molar-refractivity contribution < 1.29 is 4.79 Å². The molecule has 130 valence electrons. The number of halogens is 2. The summed E-state index contributed by atoms with van der Waals surface area (Å²) in [5, 5.41) is 3.76. The van der Waals surface area contributed by atoms with E-state index >= 15 is 0 Å². The number of fused-ring (bicyclic) bond motifs is 1. The van der Waals surface area contributed by atoms with Gasteiger partial charge in [0.1, 0.15) is 6.54 Å². The Labute approximate surface area is 154 Å². The Balaban J connectivity index is 0.00000208. The van der Waals surface area contributed by atoms with Crippen LogP contribution in [-0.4, -0.2) is 46.5 Å². The molecule has 0 atom stereocenters. The van der Waals surface area contributed by atoms with Crippen LogP contribution in [0.25, 0.3) is 10.9 Å². The molecule has 0 unspecified atom stereocenters. The molecule has 1 aromatic heterocycles. The van der Waals surface area contributed by atoms with Crippen LogP contribution in [0.2, 0.25) is 0 Å². The average molecular weight is 416 g/mol. The van der Waals surface area contributed by atoms with Gasteiger partial charge in [-0.3, -0.25) is 14.2 Å². The zero-order valence-corrected chi connectivity index (χ0v) is 15.8. The zero-order valence-electron chi connectivity index (χ0n) is 13.4. The molecule has 1 aliphatic rings. The SMILES string of the molecule is CNC1CCN(C(=O)Cn2cnc3ccc(Br)cc3c2=O)CC1.Cl. The molecular weight excluding hydrogens is 396 g/mol. The molecule has 2 aromatic rings. The summed E-state index contributed by atoms with van der Waals surface area (Å²) in [6, 6.07) is 5.84. The number of aromatic nitrogens is 2. The van der Waals surface area contributed by atoms with Crippen LogP contribution in [0.5, 0.6) is 0 Å². The van der Waals surface area contributed by atoms with E-state index in [2.05, 4.69) is 26.2 Å². The Bertz CT molecular complexity index is 787. The van der Waals surface area contributed by atoms with Crippen LogP contribution < -0.4 is 10.9 Å². The van der Waals surface area contributed by atoms with Crippen molar-refractivity contribution in [2.75, 3.05) is 20.1 Å². The van der Waals surface area contributed by atoms with Crippen LogP contribution in [0.15, 0.2) is 33.8 Å². The molecule has 0 radical (unpaired) electrons. The number of carbonyl (C=O) groups is 1. The maximum Gasteiger partial charge on any atom is 0.261 e. The van der Waals surface area contributed by atoms with E-state index in [1.165, 1.54) is 10.9 Å². The quantitative estimate of drug-likeness (QED) is 0.830. The monoisotopic (exact) mass is 414 g/mol. The lowest BCUT2D eigenvalue weighted by Gasteiger charge is -2.31. The topological polar surface area (TPSA) is 67.2 Å². The molecule has 2 heterocycles. The Morgan fingerprint density at radius 1 is 1.38 bits per heavy atom. The van der Waals surface area contributed by atoms with Crippen molar-refractivity contribution in [1.29, 1.82) is 0 Å². The number of nitrogens with one attached hydrogen (secondary N) is 1. The normalized spacial score (nSPS) is 15.3. The molecule has 1 aliphatic heterocycles. The number of benzene rings is 1. The molecule has 1 saturated heterocycles. The van der Waals surface area contributed by atoms with E-state index in [9.17, 15) is 9.59 Å². The van der Waals surface area contributed by atoms with Gasteiger partial charge in [0.15, 0.2) is 0 Å². The number of piperidine rings is 1. The van der Waals surface area contributed by atoms with E-state index in [1.54, 1.807) is 12.1 Å². The summed E-state index contributed by atoms with van der Waals surface area (Å²) in [4.78, 5) is 31.0. The molecule has 0 bridgehead atoms. The van der Waals surface area contributed by atoms with Crippen LogP contribution in [0, 0.1) is 0 Å². The fourth-order valence-electron chi connectivity index (χ4n) is 2.91. The van der Waals surface area contributed by atoms with Gasteiger partial charge in [-0.05, 0) is 38.1 Å². The molecule has 8 heteroatoms. The molecule has 1 N–H and O–H groups in total. The van der Waals surface area contributed by atoms with Crippen molar-refractivity contribution in [3.63, 3.8) is 0 Å². The number of nitrogens with zero attached hydrogens (tertiary/aromatic N) is 3. The number of hydrogen-bond acceptors (Lipinski definition) is 4. The van der Waals surface area contributed by atoms with Crippen LogP contribution in [0.4, 0.5) is 0 Å². The zero-order chi connectivity index (χ0) is 16.4. The smallest absolute Gasteiger partial charge is 0.261 e. The third-order valence-electron chi connectivity index (χ3n) is 4.35. The molecule has 6 nitrogen and oxygen atoms in total. The van der Waals surface area contributed by atoms with Gasteiger partial charge in [-0.2, -0.15) is 0 Å². The molecule has 24 heavy (non-hydrogen) atoms. The Hall–Kier alpha value is -1.44. The summed E-state index contributed by atoms with van der Waals surface area (Å²) in [6.07, 6.45) is 3.34. The second kappa shape index (κ2) is 8.09. The van der Waals surface area contributed by atoms with Crippen LogP contribution in [0.1, 0.15) is 12.8 Å². The summed E-state index contributed by atoms with van der Waals surface area (Å²) in [7, 11) is 1.95. The first kappa shape index (κ1) is 18.9. The largest absolute Gasteiger partial charge is 0.341 e. The van der Waals surface area contributed by atoms with E-state index in [4.69, 9.17) is 0 Å². The summed E-state index contributed by atoms with van der Waals surface area (Å²) in [5.41, 5.74) is 0.450. The highest BCUT2D eigenvalue weighted by Crippen LogP contribution is 2.15. The third kappa shape index (κ3) is 3.96. The molecule has 1 fully saturated rings. The molecule has 0 saturated carbocycles. The predicted molar refractivity (Wildman–Crippen MR) is 99.6 cm³/mol. The van der Waals surface area contributed by atoms with Gasteiger partial charge in [-0.25, -0.2) is 4.98 Å². The Morgan fingerprint density at radius 3 is 2.75 bits per heavy atom. The summed E-state index contributed by atoms with van der Waals surface area (Å²) in [6.45, 7) is 1.50. The first-order chi connectivity index (χ1) is 11.1. The molecule has 0 aliphatic carbocycles. The lowest BCUT2D eigenvalue weighted by Crippen LogP contribution is -2.45. The lowest BCUT2D eigenvalue weighted by atomic mass is 10.1. The summed E-state index contributed by atoms with van der Waals surface area (Å²) >= 11 is 3.36. The maximum absolute atomic E-state index is 12.5. The summed E-state index contributed by atoms with van der Waals surface area (Å²) < 4.78 is 2.21. The van der Waals surface area contributed by atoms with Gasteiger partial charge in [0.25, 0.3) is 5.56 Å². The van der Waals surface area contributed by atoms with E-state index in [-0.39, 0.29) is 30.4 Å². The van der Waals surface area contributed by atoms with Crippen LogP contribution in [-0.2, 0) is 11.3 Å². The van der Waals surface area contributed by atoms with Crippen molar-refractivity contribution in [1.82, 2.24) is 19.8 Å². The van der Waals surface area contributed by atoms with Gasteiger partial charge in [0.2, 0.25) is 5.91 Å². The fraction of sp³-hybridized carbons (Fsp3) is 0.438. The molecular formula is C16H20BrClN4O2. The van der Waals surface area contributed by atoms with Crippen molar-refractivity contribution >= 4 is 45.1 Å². The van der Waals surface area contributed by atoms with Crippen LogP contribution >= 0.6 is 28.3 Å². The third-order valence-corrected chi connectivity index (χ3v) is 4.84. The van der Waals surface area contributed by atoms with E-state index < -0.39 is 0 Å². The van der Waals surface area contributed by atoms with Gasteiger partial charge in [-0.1, -0.05) is 15.9 Å². The fourth-order valence-corrected chi connectivity index (χ4v) is 3.27. The van der Waals surface area contributed by atoms with Gasteiger partial charge in [-0.15, -0.1) is 12.4 Å². The number of carbonyl (C=O) groups excluding carboxylic acids is 1. The highest BCUT2D eigenvalue weighted by Gasteiger charge is 2.22. The number of amides is 1. The van der Waals surface area contributed by atoms with Gasteiger partial charge in [0, 0.05) is 23.6 Å². The van der Waals surface area contributed by atoms with Crippen molar-refractivity contribution in [3.05, 3.63) is 39.4 Å². The standard InChI is InChI=1S/C16H19BrN4O2.ClH/c1-18-12-4-6-20(7-5-12)15(22)9-21-10-19-14-3-2-11(17)8-13(14)16(21)23;/h2-3,8,10,12,18H,4-7,9H2,1H3;1H. The Kier molecular flexibility index (Phi) is 6.37. The average Bonchev–Trinajstić information content (AvgIpc) is 2.58. The van der Waals surface area contributed by atoms with Crippen molar-refractivity contribution in [3.8, 4) is 0 Å². The first-order valence-electron chi connectivity index (χ1n) is 7.68. The minimum atomic E-state index is -0.185. The number of likely N-dealkylation sites (tertiary alicyclic amines) is 1. The van der Waals surface area contributed by atoms with E-state index in [0.717, 1.165) is 30.4 Å². The summed E-state index contributed by atoms with van der Waals surface area (Å²) in [5.74, 6) is -0.0298. The lowest BCUT2D eigenvalue weighted by molar-refractivity contribution is -0.133. The number of hydrogen-bond donors (Lipinski definition) is 1. The number of rotatable bonds is 3. The van der Waals surface area contributed by atoms with Gasteiger partial charge < -0.3 is 10.2 Å². The molecule has 1 aromatic carbocycles. The van der Waals surface area contributed by atoms with Crippen molar-refractivity contribution in [2.45, 2.75) is 25.4 Å². The van der Waals surface area contributed by atoms with Gasteiger partial charge in [0.05, 0.1) is 17.2 Å². The predicted octanol–water partition coefficient (Wildman–Crippen LogP) is 1.79. The Morgan fingerprint density at radius 2 is 2.08 bits per heavy atom. The maximum atomic E-state index is 12.5.